The zero-order chi connectivity index (χ0) is 21.6. The quantitative estimate of drug-likeness (QED) is 0.545. The van der Waals surface area contributed by atoms with Crippen LogP contribution >= 0.6 is 11.6 Å². The van der Waals surface area contributed by atoms with Gasteiger partial charge in [-0.3, -0.25) is 9.89 Å². The van der Waals surface area contributed by atoms with Crippen molar-refractivity contribution in [3.8, 4) is 0 Å². The first-order valence-corrected chi connectivity index (χ1v) is 11.5. The average Bonchev–Trinajstić information content (AvgIpc) is 2.73. The second kappa shape index (κ2) is 10.8. The number of morpholine rings is 1. The first-order chi connectivity index (χ1) is 14.4. The van der Waals surface area contributed by atoms with Crippen LogP contribution in [0.25, 0.3) is 0 Å². The number of hydrogen-bond acceptors (Lipinski definition) is 4. The van der Waals surface area contributed by atoms with E-state index in [9.17, 15) is 0 Å². The number of guanidine groups is 1. The number of halogens is 1. The van der Waals surface area contributed by atoms with Gasteiger partial charge in [0.05, 0.1) is 24.4 Å². The standard InChI is InChI=1S/C23H37ClN4O2/c1-5-29-20-10-12-27(13-11-20)22(25-4)26-16-21(18-6-8-19(24)9-7-18)28-14-15-30-23(2,3)17-28/h6-9,20-21H,5,10-17H2,1-4H3,(H,25,26). The molecule has 0 aromatic heterocycles. The Labute approximate surface area is 186 Å². The van der Waals surface area contributed by atoms with Crippen LogP contribution in [0.5, 0.6) is 0 Å². The van der Waals surface area contributed by atoms with E-state index in [1.807, 2.05) is 19.2 Å². The van der Waals surface area contributed by atoms with E-state index in [-0.39, 0.29) is 11.6 Å². The molecule has 1 aromatic carbocycles. The predicted octanol–water partition coefficient (Wildman–Crippen LogP) is 3.57. The molecule has 2 aliphatic heterocycles. The van der Waals surface area contributed by atoms with Gasteiger partial charge in [-0.25, -0.2) is 0 Å². The van der Waals surface area contributed by atoms with Crippen LogP contribution < -0.4 is 5.32 Å². The average molecular weight is 437 g/mol. The topological polar surface area (TPSA) is 49.3 Å². The maximum absolute atomic E-state index is 6.15. The molecule has 0 saturated carbocycles. The van der Waals surface area contributed by atoms with Gasteiger partial charge in [-0.2, -0.15) is 0 Å². The molecule has 0 radical (unpaired) electrons. The number of likely N-dealkylation sites (tertiary alicyclic amines) is 1. The number of nitrogens with zero attached hydrogens (tertiary/aromatic N) is 3. The molecule has 7 heteroatoms. The lowest BCUT2D eigenvalue weighted by atomic mass is 10.0. The van der Waals surface area contributed by atoms with Crippen molar-refractivity contribution in [2.45, 2.75) is 51.4 Å². The van der Waals surface area contributed by atoms with E-state index in [2.05, 4.69) is 53.0 Å². The Bertz CT molecular complexity index is 687. The molecule has 1 N–H and O–H groups in total. The second-order valence-electron chi connectivity index (χ2n) is 8.72. The lowest BCUT2D eigenvalue weighted by molar-refractivity contribution is -0.0971. The van der Waals surface area contributed by atoms with Gasteiger partial charge in [0.15, 0.2) is 5.96 Å². The summed E-state index contributed by atoms with van der Waals surface area (Å²) in [5.41, 5.74) is 1.11. The van der Waals surface area contributed by atoms with Crippen molar-refractivity contribution in [1.29, 1.82) is 0 Å². The Kier molecular flexibility index (Phi) is 8.40. The summed E-state index contributed by atoms with van der Waals surface area (Å²) in [6.45, 7) is 12.5. The highest BCUT2D eigenvalue weighted by Gasteiger charge is 2.32. The number of piperidine rings is 1. The third kappa shape index (κ3) is 6.33. The molecular weight excluding hydrogens is 400 g/mol. The Balaban J connectivity index is 1.67. The molecule has 0 bridgehead atoms. The first-order valence-electron chi connectivity index (χ1n) is 11.1. The maximum atomic E-state index is 6.15. The van der Waals surface area contributed by atoms with Crippen molar-refractivity contribution in [1.82, 2.24) is 15.1 Å². The monoisotopic (exact) mass is 436 g/mol. The zero-order valence-corrected chi connectivity index (χ0v) is 19.6. The summed E-state index contributed by atoms with van der Waals surface area (Å²) in [5, 5.41) is 4.41. The molecule has 2 aliphatic rings. The van der Waals surface area contributed by atoms with Crippen molar-refractivity contribution in [2.24, 2.45) is 4.99 Å². The highest BCUT2D eigenvalue weighted by Crippen LogP contribution is 2.27. The first kappa shape index (κ1) is 23.3. The summed E-state index contributed by atoms with van der Waals surface area (Å²) in [6, 6.07) is 8.44. The van der Waals surface area contributed by atoms with E-state index < -0.39 is 0 Å². The fourth-order valence-corrected chi connectivity index (χ4v) is 4.58. The van der Waals surface area contributed by atoms with E-state index >= 15 is 0 Å². The number of aliphatic imine (C=N–C) groups is 1. The van der Waals surface area contributed by atoms with Crippen LogP contribution in [-0.4, -0.2) is 80.4 Å². The Morgan fingerprint density at radius 3 is 2.57 bits per heavy atom. The number of rotatable bonds is 6. The molecule has 0 aliphatic carbocycles. The third-order valence-corrected chi connectivity index (χ3v) is 6.21. The van der Waals surface area contributed by atoms with Gasteiger partial charge in [-0.05, 0) is 51.3 Å². The third-order valence-electron chi connectivity index (χ3n) is 5.96. The molecule has 0 amide bonds. The summed E-state index contributed by atoms with van der Waals surface area (Å²) in [5.74, 6) is 0.969. The van der Waals surface area contributed by atoms with Gasteiger partial charge in [-0.1, -0.05) is 23.7 Å². The number of hydrogen-bond donors (Lipinski definition) is 1. The fourth-order valence-electron chi connectivity index (χ4n) is 4.45. The van der Waals surface area contributed by atoms with Gasteiger partial charge in [0.2, 0.25) is 0 Å². The molecule has 30 heavy (non-hydrogen) atoms. The minimum atomic E-state index is -0.147. The van der Waals surface area contributed by atoms with Crippen LogP contribution in [0.3, 0.4) is 0 Å². The van der Waals surface area contributed by atoms with Gasteiger partial charge < -0.3 is 19.7 Å². The minimum Gasteiger partial charge on any atom is -0.378 e. The van der Waals surface area contributed by atoms with Crippen molar-refractivity contribution < 1.29 is 9.47 Å². The number of nitrogens with one attached hydrogen (secondary N) is 1. The Morgan fingerprint density at radius 1 is 1.27 bits per heavy atom. The predicted molar refractivity (Wildman–Crippen MR) is 123 cm³/mol. The molecule has 6 nitrogen and oxygen atoms in total. The number of benzene rings is 1. The molecule has 0 spiro atoms. The Morgan fingerprint density at radius 2 is 1.97 bits per heavy atom. The normalized spacial score (nSPS) is 22.2. The lowest BCUT2D eigenvalue weighted by Crippen LogP contribution is -2.53. The summed E-state index contributed by atoms with van der Waals surface area (Å²) in [6.07, 6.45) is 2.47. The maximum Gasteiger partial charge on any atom is 0.193 e. The van der Waals surface area contributed by atoms with Gasteiger partial charge in [0, 0.05) is 51.4 Å². The van der Waals surface area contributed by atoms with E-state index in [1.165, 1.54) is 5.56 Å². The smallest absolute Gasteiger partial charge is 0.193 e. The Hall–Kier alpha value is -1.34. The summed E-state index contributed by atoms with van der Waals surface area (Å²) in [7, 11) is 1.87. The zero-order valence-electron chi connectivity index (χ0n) is 18.9. The molecule has 2 heterocycles. The van der Waals surface area contributed by atoms with E-state index in [4.69, 9.17) is 21.1 Å². The van der Waals surface area contributed by atoms with Crippen molar-refractivity contribution in [2.75, 3.05) is 53.0 Å². The fraction of sp³-hybridized carbons (Fsp3) is 0.696. The van der Waals surface area contributed by atoms with E-state index in [1.54, 1.807) is 0 Å². The molecule has 3 rings (SSSR count). The van der Waals surface area contributed by atoms with Crippen LogP contribution in [0.2, 0.25) is 5.02 Å². The van der Waals surface area contributed by atoms with Gasteiger partial charge in [-0.15, -0.1) is 0 Å². The van der Waals surface area contributed by atoms with Crippen molar-refractivity contribution in [3.05, 3.63) is 34.9 Å². The largest absolute Gasteiger partial charge is 0.378 e. The van der Waals surface area contributed by atoms with Crippen LogP contribution in [0.15, 0.2) is 29.3 Å². The van der Waals surface area contributed by atoms with Crippen LogP contribution in [0.4, 0.5) is 0 Å². The molecule has 168 valence electrons. The molecule has 2 fully saturated rings. The molecule has 1 aromatic rings. The van der Waals surface area contributed by atoms with Crippen molar-refractivity contribution >= 4 is 17.6 Å². The number of ether oxygens (including phenoxy) is 2. The van der Waals surface area contributed by atoms with Crippen LogP contribution in [-0.2, 0) is 9.47 Å². The van der Waals surface area contributed by atoms with Crippen molar-refractivity contribution in [3.63, 3.8) is 0 Å². The summed E-state index contributed by atoms with van der Waals surface area (Å²) in [4.78, 5) is 9.42. The molecule has 1 unspecified atom stereocenters. The lowest BCUT2D eigenvalue weighted by Gasteiger charge is -2.43. The molecular formula is C23H37ClN4O2. The van der Waals surface area contributed by atoms with Gasteiger partial charge in [0.1, 0.15) is 0 Å². The van der Waals surface area contributed by atoms with Gasteiger partial charge >= 0.3 is 0 Å². The summed E-state index contributed by atoms with van der Waals surface area (Å²) >= 11 is 6.15. The highest BCUT2D eigenvalue weighted by molar-refractivity contribution is 6.30. The highest BCUT2D eigenvalue weighted by atomic mass is 35.5. The molecule has 2 saturated heterocycles. The molecule has 1 atom stereocenters. The summed E-state index contributed by atoms with van der Waals surface area (Å²) < 4.78 is 11.7. The minimum absolute atomic E-state index is 0.147. The van der Waals surface area contributed by atoms with Gasteiger partial charge in [0.25, 0.3) is 0 Å². The second-order valence-corrected chi connectivity index (χ2v) is 9.15. The van der Waals surface area contributed by atoms with Crippen LogP contribution in [0, 0.1) is 0 Å². The SMILES string of the molecule is CCOC1CCN(C(=NC)NCC(c2ccc(Cl)cc2)N2CCOC(C)(C)C2)CC1. The van der Waals surface area contributed by atoms with Crippen LogP contribution in [0.1, 0.15) is 45.2 Å². The van der Waals surface area contributed by atoms with E-state index in [0.717, 1.165) is 69.8 Å². The van der Waals surface area contributed by atoms with E-state index in [0.29, 0.717) is 6.10 Å².